The number of carbonyl (C=O) groups excluding carboxylic acids is 2. The fourth-order valence-electron chi connectivity index (χ4n) is 6.33. The van der Waals surface area contributed by atoms with E-state index in [0.717, 1.165) is 38.1 Å². The highest BCUT2D eigenvalue weighted by Gasteiger charge is 2.38. The highest BCUT2D eigenvalue weighted by atomic mass is 19.4. The number of carboxylic acid groups (broad SMARTS) is 2. The standard InChI is InChI=1S/C35H40F2N6O5.C2HF3O2/c1-20(2)13-28-33(34(38)47)32(25-17-39-43(35(25)40-28)24-9-11-41(4)12-10-24)23-6-8-29(30(16-23)48-21(3)14-31(45)46)42(19-44)18-22-5-7-26(36)27(37)15-22;3-2(4,5)1(6)7/h5-8,15-17,19-21,24H,9-14,18H2,1-4H3,(H2,38,47)(H,45,46);(H,6,7)/p+1. The molecule has 0 saturated carbocycles. The van der Waals surface area contributed by atoms with E-state index in [1.807, 2.05) is 18.5 Å². The van der Waals surface area contributed by atoms with Crippen molar-refractivity contribution in [1.29, 1.82) is 0 Å². The van der Waals surface area contributed by atoms with Gasteiger partial charge in [-0.15, -0.1) is 0 Å². The first-order valence-electron chi connectivity index (χ1n) is 17.3. The molecule has 296 valence electrons. The lowest BCUT2D eigenvalue weighted by Gasteiger charge is -2.27. The number of piperidine rings is 1. The number of aliphatic carboxylic acids is 2. The maximum atomic E-state index is 14.0. The maximum absolute atomic E-state index is 14.0. The first-order valence-corrected chi connectivity index (χ1v) is 17.3. The highest BCUT2D eigenvalue weighted by Crippen LogP contribution is 2.40. The predicted molar refractivity (Wildman–Crippen MR) is 190 cm³/mol. The number of fused-ring (bicyclic) bond motifs is 1. The van der Waals surface area contributed by atoms with Crippen LogP contribution >= 0.6 is 0 Å². The number of rotatable bonds is 13. The lowest BCUT2D eigenvalue weighted by atomic mass is 9.92. The summed E-state index contributed by atoms with van der Waals surface area (Å²) in [5.41, 5.74) is 9.08. The van der Waals surface area contributed by atoms with Crippen molar-refractivity contribution in [2.45, 2.75) is 71.3 Å². The molecule has 2 aromatic heterocycles. The normalized spacial score (nSPS) is 16.3. The molecular weight excluding hydrogens is 735 g/mol. The molecule has 5 N–H and O–H groups in total. The summed E-state index contributed by atoms with van der Waals surface area (Å²) in [7, 11) is 2.16. The van der Waals surface area contributed by atoms with Crippen molar-refractivity contribution in [3.8, 4) is 16.9 Å². The fraction of sp³-hybridized carbons (Fsp3) is 0.405. The number of amides is 2. The van der Waals surface area contributed by atoms with Gasteiger partial charge >= 0.3 is 18.1 Å². The van der Waals surface area contributed by atoms with Gasteiger partial charge in [-0.05, 0) is 54.7 Å². The van der Waals surface area contributed by atoms with Crippen LogP contribution in [0.5, 0.6) is 5.75 Å². The Morgan fingerprint density at radius 3 is 2.27 bits per heavy atom. The lowest BCUT2D eigenvalue weighted by molar-refractivity contribution is -0.885. The van der Waals surface area contributed by atoms with Crippen LogP contribution in [0, 0.1) is 17.6 Å². The Labute approximate surface area is 312 Å². The molecule has 13 nitrogen and oxygen atoms in total. The number of pyridine rings is 1. The van der Waals surface area contributed by atoms with Gasteiger partial charge in [0.1, 0.15) is 11.9 Å². The van der Waals surface area contributed by atoms with Gasteiger partial charge < -0.3 is 30.5 Å². The largest absolute Gasteiger partial charge is 0.490 e. The van der Waals surface area contributed by atoms with E-state index in [2.05, 4.69) is 7.05 Å². The summed E-state index contributed by atoms with van der Waals surface area (Å²) >= 11 is 0. The van der Waals surface area contributed by atoms with Crippen LogP contribution in [-0.2, 0) is 27.3 Å². The molecule has 0 aliphatic carbocycles. The molecule has 1 saturated heterocycles. The summed E-state index contributed by atoms with van der Waals surface area (Å²) in [5, 5.41) is 21.9. The molecule has 4 aromatic rings. The van der Waals surface area contributed by atoms with Gasteiger partial charge in [0.15, 0.2) is 17.3 Å². The second-order valence-electron chi connectivity index (χ2n) is 13.8. The third kappa shape index (κ3) is 10.5. The smallest absolute Gasteiger partial charge is 0.488 e. The molecule has 1 fully saturated rings. The summed E-state index contributed by atoms with van der Waals surface area (Å²) < 4.78 is 67.4. The summed E-state index contributed by atoms with van der Waals surface area (Å²) in [6.07, 6.45) is -1.69. The van der Waals surface area contributed by atoms with Crippen molar-refractivity contribution in [1.82, 2.24) is 14.8 Å². The van der Waals surface area contributed by atoms with Crippen molar-refractivity contribution >= 4 is 41.0 Å². The number of hydrogen-bond acceptors (Lipinski definition) is 7. The average molecular weight is 778 g/mol. The first-order chi connectivity index (χ1) is 25.8. The molecule has 18 heteroatoms. The van der Waals surface area contributed by atoms with E-state index in [4.69, 9.17) is 30.5 Å². The number of benzene rings is 2. The summed E-state index contributed by atoms with van der Waals surface area (Å²) in [6, 6.07) is 8.42. The highest BCUT2D eigenvalue weighted by molar-refractivity contribution is 6.09. The van der Waals surface area contributed by atoms with Crippen LogP contribution in [-0.4, -0.2) is 81.7 Å². The van der Waals surface area contributed by atoms with Gasteiger partial charge in [0.2, 0.25) is 6.41 Å². The molecule has 2 amide bonds. The Hall–Kier alpha value is -5.65. The van der Waals surface area contributed by atoms with E-state index in [9.17, 15) is 41.4 Å². The minimum absolute atomic E-state index is 0.126. The molecule has 1 unspecified atom stereocenters. The number of nitrogens with one attached hydrogen (secondary N) is 1. The van der Waals surface area contributed by atoms with Gasteiger partial charge in [-0.25, -0.2) is 23.2 Å². The zero-order valence-electron chi connectivity index (χ0n) is 30.5. The van der Waals surface area contributed by atoms with Crippen molar-refractivity contribution < 1.29 is 61.0 Å². The molecule has 55 heavy (non-hydrogen) atoms. The van der Waals surface area contributed by atoms with Crippen LogP contribution in [0.4, 0.5) is 27.6 Å². The number of anilines is 1. The maximum Gasteiger partial charge on any atom is 0.490 e. The zero-order valence-corrected chi connectivity index (χ0v) is 30.5. The molecule has 5 rings (SSSR count). The lowest BCUT2D eigenvalue weighted by Crippen LogP contribution is -3.10. The zero-order chi connectivity index (χ0) is 40.8. The number of aromatic nitrogens is 3. The number of ether oxygens (including phenoxy) is 1. The molecule has 3 heterocycles. The second kappa shape index (κ2) is 17.7. The number of alkyl halides is 3. The molecule has 1 atom stereocenters. The van der Waals surface area contributed by atoms with Gasteiger partial charge in [-0.2, -0.15) is 18.3 Å². The number of nitrogens with zero attached hydrogens (tertiary/aromatic N) is 4. The second-order valence-corrected chi connectivity index (χ2v) is 13.8. The van der Waals surface area contributed by atoms with Crippen LogP contribution < -0.4 is 20.3 Å². The Morgan fingerprint density at radius 1 is 1.07 bits per heavy atom. The molecule has 1 aliphatic heterocycles. The number of hydrogen-bond donors (Lipinski definition) is 4. The minimum atomic E-state index is -5.08. The van der Waals surface area contributed by atoms with E-state index in [1.165, 1.54) is 15.9 Å². The van der Waals surface area contributed by atoms with Crippen molar-refractivity contribution in [3.05, 3.63) is 71.1 Å². The monoisotopic (exact) mass is 777 g/mol. The van der Waals surface area contributed by atoms with Crippen LogP contribution in [0.1, 0.15) is 67.7 Å². The number of likely N-dealkylation sites (tertiary alicyclic amines) is 1. The van der Waals surface area contributed by atoms with Gasteiger partial charge in [0.25, 0.3) is 5.91 Å². The van der Waals surface area contributed by atoms with Gasteiger partial charge in [-0.3, -0.25) is 14.4 Å². The number of carbonyl (C=O) groups is 4. The number of quaternary nitrogens is 1. The van der Waals surface area contributed by atoms with Crippen molar-refractivity contribution in [2.24, 2.45) is 11.7 Å². The number of nitrogens with two attached hydrogens (primary N) is 1. The SMILES string of the molecule is CC(C)Cc1nc2c(cnn2C2CC[NH+](C)CC2)c(-c2ccc(N(C=O)Cc3ccc(F)c(F)c3)c(OC(C)CC(=O)O)c2)c1C(N)=O.O=C(O)C(F)(F)F. The van der Waals surface area contributed by atoms with E-state index >= 15 is 0 Å². The van der Waals surface area contributed by atoms with E-state index in [0.29, 0.717) is 46.2 Å². The van der Waals surface area contributed by atoms with Crippen LogP contribution in [0.3, 0.4) is 0 Å². The van der Waals surface area contributed by atoms with E-state index < -0.39 is 41.8 Å². The molecule has 0 bridgehead atoms. The third-order valence-electron chi connectivity index (χ3n) is 8.88. The van der Waals surface area contributed by atoms with Crippen molar-refractivity contribution in [2.75, 3.05) is 25.0 Å². The average Bonchev–Trinajstić information content (AvgIpc) is 3.51. The predicted octanol–water partition coefficient (Wildman–Crippen LogP) is 4.56. The first kappa shape index (κ1) is 42.1. The number of halogens is 5. The van der Waals surface area contributed by atoms with E-state index in [1.54, 1.807) is 31.3 Å². The third-order valence-corrected chi connectivity index (χ3v) is 8.88. The van der Waals surface area contributed by atoms with Crippen molar-refractivity contribution in [3.63, 3.8) is 0 Å². The Morgan fingerprint density at radius 2 is 1.73 bits per heavy atom. The molecule has 2 aromatic carbocycles. The number of carboxylic acids is 2. The van der Waals surface area contributed by atoms with Crippen LogP contribution in [0.25, 0.3) is 22.2 Å². The minimum Gasteiger partial charge on any atom is -0.488 e. The van der Waals surface area contributed by atoms with Crippen LogP contribution in [0.15, 0.2) is 42.6 Å². The van der Waals surface area contributed by atoms with Crippen LogP contribution in [0.2, 0.25) is 0 Å². The number of primary amides is 1. The summed E-state index contributed by atoms with van der Waals surface area (Å²) in [6.45, 7) is 7.49. The van der Waals surface area contributed by atoms with Gasteiger partial charge in [0.05, 0.1) is 62.3 Å². The Bertz CT molecular complexity index is 2050. The van der Waals surface area contributed by atoms with Gasteiger partial charge in [0, 0.05) is 23.8 Å². The summed E-state index contributed by atoms with van der Waals surface area (Å²) in [5.74, 6) is -6.27. The van der Waals surface area contributed by atoms with E-state index in [-0.39, 0.29) is 41.9 Å². The molecule has 0 radical (unpaired) electrons. The topological polar surface area (TPSA) is 182 Å². The Balaban J connectivity index is 0.000000876. The van der Waals surface area contributed by atoms with Gasteiger partial charge in [-0.1, -0.05) is 26.0 Å². The Kier molecular flexibility index (Phi) is 13.5. The molecule has 0 spiro atoms. The fourth-order valence-corrected chi connectivity index (χ4v) is 6.33. The molecular formula is C37H42F5N6O7+. The molecule has 1 aliphatic rings. The summed E-state index contributed by atoms with van der Waals surface area (Å²) in [4.78, 5) is 53.7. The quantitative estimate of drug-likeness (QED) is 0.112.